The second-order valence-electron chi connectivity index (χ2n) is 26.5. The van der Waals surface area contributed by atoms with Gasteiger partial charge >= 0.3 is 39.5 Å². The van der Waals surface area contributed by atoms with Gasteiger partial charge in [0.15, 0.2) is 12.2 Å². The topological polar surface area (TPSA) is 237 Å². The molecule has 3 N–H and O–H groups in total. The minimum Gasteiger partial charge on any atom is -0.462 e. The molecule has 0 radical (unpaired) electrons. The first-order valence-electron chi connectivity index (χ1n) is 37.6. The third-order valence-electron chi connectivity index (χ3n) is 16.8. The molecule has 0 aliphatic heterocycles. The summed E-state index contributed by atoms with van der Waals surface area (Å²) in [5, 5.41) is 10.5. The summed E-state index contributed by atoms with van der Waals surface area (Å²) in [6, 6.07) is 0. The van der Waals surface area contributed by atoms with Gasteiger partial charge in [-0.2, -0.15) is 0 Å². The van der Waals surface area contributed by atoms with Crippen LogP contribution in [-0.4, -0.2) is 96.7 Å². The zero-order chi connectivity index (χ0) is 67.0. The normalized spacial score (nSPS) is 14.0. The van der Waals surface area contributed by atoms with Crippen LogP contribution in [0.1, 0.15) is 375 Å². The van der Waals surface area contributed by atoms with Gasteiger partial charge in [-0.1, -0.05) is 324 Å². The Kier molecular flexibility index (Phi) is 64.0. The van der Waals surface area contributed by atoms with E-state index >= 15 is 0 Å². The molecule has 0 aliphatic rings. The number of unbranched alkanes of at least 4 members (excludes halogenated alkanes) is 44. The maximum atomic E-state index is 13.1. The van der Waals surface area contributed by atoms with Gasteiger partial charge in [0.05, 0.1) is 26.4 Å². The van der Waals surface area contributed by atoms with E-state index < -0.39 is 97.5 Å². The van der Waals surface area contributed by atoms with Crippen molar-refractivity contribution in [1.29, 1.82) is 0 Å². The van der Waals surface area contributed by atoms with E-state index in [4.69, 9.17) is 37.0 Å². The lowest BCUT2D eigenvalue weighted by atomic mass is 10.0. The maximum absolute atomic E-state index is 13.1. The van der Waals surface area contributed by atoms with Gasteiger partial charge in [0.2, 0.25) is 0 Å². The van der Waals surface area contributed by atoms with E-state index in [1.54, 1.807) is 0 Å². The number of ether oxygens (including phenoxy) is 4. The average molecular weight is 1340 g/mol. The number of carbonyl (C=O) groups is 4. The van der Waals surface area contributed by atoms with Crippen molar-refractivity contribution in [3.8, 4) is 0 Å². The molecule has 0 aromatic heterocycles. The molecule has 19 heteroatoms. The van der Waals surface area contributed by atoms with Crippen molar-refractivity contribution < 1.29 is 80.2 Å². The number of phosphoric ester groups is 2. The number of hydrogen-bond donors (Lipinski definition) is 3. The maximum Gasteiger partial charge on any atom is 0.472 e. The molecule has 0 bridgehead atoms. The summed E-state index contributed by atoms with van der Waals surface area (Å²) >= 11 is 0. The van der Waals surface area contributed by atoms with Crippen LogP contribution in [0.3, 0.4) is 0 Å². The minimum absolute atomic E-state index is 0.104. The Morgan fingerprint density at radius 3 is 0.747 bits per heavy atom. The molecule has 2 unspecified atom stereocenters. The van der Waals surface area contributed by atoms with Crippen LogP contribution < -0.4 is 0 Å². The fraction of sp³-hybridized carbons (Fsp3) is 0.944. The zero-order valence-electron chi connectivity index (χ0n) is 59.0. The number of esters is 4. The van der Waals surface area contributed by atoms with E-state index in [1.807, 2.05) is 0 Å². The Morgan fingerprint density at radius 1 is 0.297 bits per heavy atom. The number of aliphatic hydroxyl groups is 1. The number of aliphatic hydroxyl groups excluding tert-OH is 1. The molecule has 0 aliphatic carbocycles. The highest BCUT2D eigenvalue weighted by molar-refractivity contribution is 7.47. The molecule has 0 saturated carbocycles. The molecule has 0 amide bonds. The Balaban J connectivity index is 5.09. The Bertz CT molecular complexity index is 1750. The molecule has 0 aromatic rings. The first kappa shape index (κ1) is 89.1. The molecular formula is C72H140O17P2. The monoisotopic (exact) mass is 1340 g/mol. The molecule has 17 nitrogen and oxygen atoms in total. The van der Waals surface area contributed by atoms with Crippen molar-refractivity contribution in [3.63, 3.8) is 0 Å². The highest BCUT2D eigenvalue weighted by Crippen LogP contribution is 2.45. The minimum atomic E-state index is -4.95. The molecule has 0 saturated heterocycles. The quantitative estimate of drug-likeness (QED) is 0.0222. The van der Waals surface area contributed by atoms with Crippen LogP contribution in [0.15, 0.2) is 0 Å². The van der Waals surface area contributed by atoms with Crippen LogP contribution in [0.4, 0.5) is 0 Å². The summed E-state index contributed by atoms with van der Waals surface area (Å²) < 4.78 is 68.0. The first-order valence-corrected chi connectivity index (χ1v) is 40.6. The van der Waals surface area contributed by atoms with E-state index in [9.17, 15) is 43.2 Å². The lowest BCUT2D eigenvalue weighted by molar-refractivity contribution is -0.161. The lowest BCUT2D eigenvalue weighted by Crippen LogP contribution is -2.30. The fourth-order valence-corrected chi connectivity index (χ4v) is 12.6. The van der Waals surface area contributed by atoms with E-state index in [0.29, 0.717) is 25.7 Å². The molecule has 0 fully saturated rings. The van der Waals surface area contributed by atoms with Crippen LogP contribution in [0.25, 0.3) is 0 Å². The van der Waals surface area contributed by atoms with E-state index in [1.165, 1.54) is 186 Å². The summed E-state index contributed by atoms with van der Waals surface area (Å²) in [5.41, 5.74) is 0. The first-order chi connectivity index (χ1) is 44.0. The molecule has 540 valence electrons. The van der Waals surface area contributed by atoms with Gasteiger partial charge in [0.1, 0.15) is 19.3 Å². The molecular weight excluding hydrogens is 1200 g/mol. The van der Waals surface area contributed by atoms with Crippen molar-refractivity contribution in [2.45, 2.75) is 393 Å². The van der Waals surface area contributed by atoms with Gasteiger partial charge in [-0.25, -0.2) is 9.13 Å². The van der Waals surface area contributed by atoms with Crippen LogP contribution in [0.2, 0.25) is 0 Å². The molecule has 91 heavy (non-hydrogen) atoms. The van der Waals surface area contributed by atoms with E-state index in [2.05, 4.69) is 34.6 Å². The highest BCUT2D eigenvalue weighted by Gasteiger charge is 2.30. The van der Waals surface area contributed by atoms with Crippen LogP contribution in [-0.2, 0) is 65.4 Å². The van der Waals surface area contributed by atoms with Crippen LogP contribution in [0, 0.1) is 5.92 Å². The number of rotatable bonds is 72. The standard InChI is InChI=1S/C72H140O17P2/c1-6-9-12-15-17-19-20-21-22-23-24-25-26-27-28-33-36-39-43-48-53-58-72(77)89-68(62-83-70(75)56-51-46-42-38-35-32-30-29-31-34-37-40-45-49-54-65(4)5)64-87-91(80,81)85-60-66(73)59-84-90(78,79)86-63-67(61-82-69(74)55-50-44-14-11-8-3)88-71(76)57-52-47-41-18-16-13-10-7-2/h65-68,73H,6-64H2,1-5H3,(H,78,79)(H,80,81)/t66-,67+,68+/m0/s1. The van der Waals surface area contributed by atoms with Crippen LogP contribution in [0.5, 0.6) is 0 Å². The molecule has 0 rings (SSSR count). The zero-order valence-corrected chi connectivity index (χ0v) is 60.8. The Morgan fingerprint density at radius 2 is 0.505 bits per heavy atom. The number of hydrogen-bond acceptors (Lipinski definition) is 15. The van der Waals surface area contributed by atoms with E-state index in [0.717, 1.165) is 109 Å². The summed E-state index contributed by atoms with van der Waals surface area (Å²) in [6.45, 7) is 7.16. The Labute approximate surface area is 556 Å². The fourth-order valence-electron chi connectivity index (χ4n) is 11.0. The van der Waals surface area contributed by atoms with Gasteiger partial charge in [-0.3, -0.25) is 37.3 Å². The summed E-state index contributed by atoms with van der Waals surface area (Å²) in [7, 11) is -9.89. The summed E-state index contributed by atoms with van der Waals surface area (Å²) in [6.07, 6.45) is 53.4. The summed E-state index contributed by atoms with van der Waals surface area (Å²) in [4.78, 5) is 72.2. The van der Waals surface area contributed by atoms with Crippen LogP contribution >= 0.6 is 15.6 Å². The SMILES string of the molecule is CCCCCCCCCCCCCCCCCCCCCCCC(=O)O[C@H](COC(=O)CCCCCCCCCCCCCCCCC(C)C)COP(=O)(O)OC[C@@H](O)COP(=O)(O)OC[C@@H](COC(=O)CCCCCCC)OC(=O)CCCCCCCCCC. The predicted octanol–water partition coefficient (Wildman–Crippen LogP) is 20.9. The van der Waals surface area contributed by atoms with E-state index in [-0.39, 0.29) is 25.7 Å². The lowest BCUT2D eigenvalue weighted by Gasteiger charge is -2.21. The second kappa shape index (κ2) is 65.4. The largest absolute Gasteiger partial charge is 0.472 e. The number of phosphoric acid groups is 2. The molecule has 0 spiro atoms. The van der Waals surface area contributed by atoms with Gasteiger partial charge in [0, 0.05) is 25.7 Å². The van der Waals surface area contributed by atoms with Crippen molar-refractivity contribution >= 4 is 39.5 Å². The smallest absolute Gasteiger partial charge is 0.462 e. The number of carbonyl (C=O) groups excluding carboxylic acids is 4. The third kappa shape index (κ3) is 66.5. The third-order valence-corrected chi connectivity index (χ3v) is 18.7. The van der Waals surface area contributed by atoms with Crippen molar-refractivity contribution in [2.24, 2.45) is 5.92 Å². The van der Waals surface area contributed by atoms with Gasteiger partial charge in [-0.05, 0) is 31.6 Å². The average Bonchev–Trinajstić information content (AvgIpc) is 3.73. The molecule has 0 heterocycles. The van der Waals surface area contributed by atoms with Crippen molar-refractivity contribution in [3.05, 3.63) is 0 Å². The van der Waals surface area contributed by atoms with Gasteiger partial charge < -0.3 is 33.8 Å². The van der Waals surface area contributed by atoms with Crippen molar-refractivity contribution in [2.75, 3.05) is 39.6 Å². The molecule has 0 aromatic carbocycles. The molecule has 5 atom stereocenters. The second-order valence-corrected chi connectivity index (χ2v) is 29.4. The summed E-state index contributed by atoms with van der Waals surface area (Å²) in [5.74, 6) is -1.34. The van der Waals surface area contributed by atoms with Crippen molar-refractivity contribution in [1.82, 2.24) is 0 Å². The van der Waals surface area contributed by atoms with Gasteiger partial charge in [-0.15, -0.1) is 0 Å². The predicted molar refractivity (Wildman–Crippen MR) is 368 cm³/mol. The van der Waals surface area contributed by atoms with Gasteiger partial charge in [0.25, 0.3) is 0 Å². The highest BCUT2D eigenvalue weighted by atomic mass is 31.2. The Hall–Kier alpha value is -1.94.